The number of hydrogen-bond acceptors (Lipinski definition) is 6. The van der Waals surface area contributed by atoms with E-state index in [2.05, 4.69) is 10.1 Å². The molecule has 1 unspecified atom stereocenters. The van der Waals surface area contributed by atoms with Crippen LogP contribution in [0.15, 0.2) is 0 Å². The summed E-state index contributed by atoms with van der Waals surface area (Å²) in [4.78, 5) is 11.0. The number of hydrogen-bond donors (Lipinski definition) is 1. The zero-order valence-corrected chi connectivity index (χ0v) is 11.5. The van der Waals surface area contributed by atoms with Crippen molar-refractivity contribution in [2.75, 3.05) is 46.2 Å². The van der Waals surface area contributed by atoms with E-state index in [0.29, 0.717) is 26.2 Å². The number of likely N-dealkylation sites (N-methyl/N-ethyl adjacent to an activating group) is 1. The number of esters is 1. The molecule has 1 aliphatic rings. The van der Waals surface area contributed by atoms with Crippen LogP contribution in [0.4, 0.5) is 0 Å². The quantitative estimate of drug-likeness (QED) is 0.615. The van der Waals surface area contributed by atoms with E-state index in [0.717, 1.165) is 0 Å². The Morgan fingerprint density at radius 3 is 2.89 bits per heavy atom. The van der Waals surface area contributed by atoms with Gasteiger partial charge < -0.3 is 14.8 Å². The van der Waals surface area contributed by atoms with E-state index in [-0.39, 0.29) is 18.3 Å². The van der Waals surface area contributed by atoms with Crippen LogP contribution in [0.25, 0.3) is 0 Å². The molecule has 8 heteroatoms. The van der Waals surface area contributed by atoms with Gasteiger partial charge in [-0.3, -0.25) is 4.79 Å². The second kappa shape index (κ2) is 7.03. The molecule has 1 rings (SSSR count). The molecule has 18 heavy (non-hydrogen) atoms. The molecule has 0 bridgehead atoms. The molecule has 0 aromatic carbocycles. The van der Waals surface area contributed by atoms with Crippen LogP contribution < -0.4 is 5.32 Å². The average molecular weight is 280 g/mol. The Hall–Kier alpha value is -0.700. The van der Waals surface area contributed by atoms with Gasteiger partial charge in [0, 0.05) is 19.6 Å². The molecule has 0 amide bonds. The number of nitrogens with zero attached hydrogens (tertiary/aromatic N) is 1. The highest BCUT2D eigenvalue weighted by Crippen LogP contribution is 2.11. The van der Waals surface area contributed by atoms with Gasteiger partial charge in [-0.05, 0) is 7.05 Å². The second-order valence-electron chi connectivity index (χ2n) is 4.05. The standard InChI is InChI=1S/C10H20N2O5S/c1-11-7-9-8-12(4-5-17-9)18(14,15)6-3-10(13)16-2/h9,11H,3-8H2,1-2H3. The summed E-state index contributed by atoms with van der Waals surface area (Å²) in [6, 6.07) is 0. The summed E-state index contributed by atoms with van der Waals surface area (Å²) >= 11 is 0. The third-order valence-electron chi connectivity index (χ3n) is 2.72. The van der Waals surface area contributed by atoms with Crippen LogP contribution in [-0.2, 0) is 24.3 Å². The predicted molar refractivity (Wildman–Crippen MR) is 65.7 cm³/mol. The summed E-state index contributed by atoms with van der Waals surface area (Å²) in [5.41, 5.74) is 0. The highest BCUT2D eigenvalue weighted by molar-refractivity contribution is 7.89. The van der Waals surface area contributed by atoms with Gasteiger partial charge in [-0.25, -0.2) is 8.42 Å². The first-order valence-corrected chi connectivity index (χ1v) is 7.41. The minimum atomic E-state index is -3.42. The van der Waals surface area contributed by atoms with Crippen LogP contribution >= 0.6 is 0 Å². The van der Waals surface area contributed by atoms with E-state index in [1.807, 2.05) is 0 Å². The number of ether oxygens (including phenoxy) is 2. The Morgan fingerprint density at radius 2 is 2.28 bits per heavy atom. The Morgan fingerprint density at radius 1 is 1.56 bits per heavy atom. The number of carbonyl (C=O) groups excluding carboxylic acids is 1. The average Bonchev–Trinajstić information content (AvgIpc) is 2.37. The summed E-state index contributed by atoms with van der Waals surface area (Å²) in [5.74, 6) is -0.731. The Labute approximate surface area is 107 Å². The molecule has 1 heterocycles. The first-order chi connectivity index (χ1) is 8.49. The zero-order valence-electron chi connectivity index (χ0n) is 10.7. The van der Waals surface area contributed by atoms with E-state index in [1.165, 1.54) is 11.4 Å². The van der Waals surface area contributed by atoms with Crippen molar-refractivity contribution in [2.24, 2.45) is 0 Å². The summed E-state index contributed by atoms with van der Waals surface area (Å²) in [6.07, 6.45) is -0.260. The van der Waals surface area contributed by atoms with Crippen LogP contribution in [0, 0.1) is 0 Å². The lowest BCUT2D eigenvalue weighted by molar-refractivity contribution is -0.140. The van der Waals surface area contributed by atoms with Crippen molar-refractivity contribution < 1.29 is 22.7 Å². The molecular weight excluding hydrogens is 260 g/mol. The lowest BCUT2D eigenvalue weighted by Gasteiger charge is -2.32. The summed E-state index contributed by atoms with van der Waals surface area (Å²) in [5, 5.41) is 2.95. The van der Waals surface area contributed by atoms with E-state index >= 15 is 0 Å². The van der Waals surface area contributed by atoms with Crippen LogP contribution in [0.2, 0.25) is 0 Å². The van der Waals surface area contributed by atoms with Gasteiger partial charge in [-0.2, -0.15) is 4.31 Å². The fraction of sp³-hybridized carbons (Fsp3) is 0.900. The smallest absolute Gasteiger partial charge is 0.306 e. The van der Waals surface area contributed by atoms with E-state index in [9.17, 15) is 13.2 Å². The maximum absolute atomic E-state index is 12.0. The van der Waals surface area contributed by atoms with Gasteiger partial charge in [0.15, 0.2) is 0 Å². The molecule has 0 aromatic rings. The second-order valence-corrected chi connectivity index (χ2v) is 6.14. The third-order valence-corrected chi connectivity index (χ3v) is 4.56. The van der Waals surface area contributed by atoms with E-state index < -0.39 is 16.0 Å². The number of rotatable bonds is 6. The molecular formula is C10H20N2O5S. The van der Waals surface area contributed by atoms with Crippen molar-refractivity contribution in [1.82, 2.24) is 9.62 Å². The van der Waals surface area contributed by atoms with Gasteiger partial charge in [0.25, 0.3) is 0 Å². The van der Waals surface area contributed by atoms with Gasteiger partial charge in [0.1, 0.15) is 0 Å². The van der Waals surface area contributed by atoms with Crippen LogP contribution in [0.3, 0.4) is 0 Å². The Balaban J connectivity index is 2.53. The molecule has 7 nitrogen and oxygen atoms in total. The van der Waals surface area contributed by atoms with Gasteiger partial charge in [-0.15, -0.1) is 0 Å². The van der Waals surface area contributed by atoms with Gasteiger partial charge >= 0.3 is 5.97 Å². The van der Waals surface area contributed by atoms with Crippen LogP contribution in [0.1, 0.15) is 6.42 Å². The molecule has 1 atom stereocenters. The van der Waals surface area contributed by atoms with E-state index in [1.54, 1.807) is 7.05 Å². The third kappa shape index (κ3) is 4.52. The van der Waals surface area contributed by atoms with Crippen molar-refractivity contribution in [2.45, 2.75) is 12.5 Å². The number of morpholine rings is 1. The minimum Gasteiger partial charge on any atom is -0.469 e. The molecule has 106 valence electrons. The topological polar surface area (TPSA) is 84.9 Å². The molecule has 1 aliphatic heterocycles. The highest BCUT2D eigenvalue weighted by Gasteiger charge is 2.29. The summed E-state index contributed by atoms with van der Waals surface area (Å²) in [6.45, 7) is 1.64. The van der Waals surface area contributed by atoms with Gasteiger partial charge in [0.05, 0.1) is 32.0 Å². The lowest BCUT2D eigenvalue weighted by Crippen LogP contribution is -2.49. The number of methoxy groups -OCH3 is 1. The number of carbonyl (C=O) groups is 1. The molecule has 1 N–H and O–H groups in total. The molecule has 0 spiro atoms. The monoisotopic (exact) mass is 280 g/mol. The normalized spacial score (nSPS) is 21.8. The van der Waals surface area contributed by atoms with Crippen molar-refractivity contribution in [1.29, 1.82) is 0 Å². The molecule has 0 saturated carbocycles. The predicted octanol–water partition coefficient (Wildman–Crippen LogP) is -1.20. The van der Waals surface area contributed by atoms with E-state index in [4.69, 9.17) is 4.74 Å². The Kier molecular flexibility index (Phi) is 6.00. The number of sulfonamides is 1. The molecule has 0 radical (unpaired) electrons. The first kappa shape index (κ1) is 15.4. The number of nitrogens with one attached hydrogen (secondary N) is 1. The van der Waals surface area contributed by atoms with Gasteiger partial charge in [-0.1, -0.05) is 0 Å². The molecule has 1 saturated heterocycles. The zero-order chi connectivity index (χ0) is 13.6. The maximum atomic E-state index is 12.0. The summed E-state index contributed by atoms with van der Waals surface area (Å²) < 4.78 is 35.2. The van der Waals surface area contributed by atoms with Crippen molar-refractivity contribution >= 4 is 16.0 Å². The fourth-order valence-corrected chi connectivity index (χ4v) is 3.17. The van der Waals surface area contributed by atoms with Crippen molar-refractivity contribution in [3.8, 4) is 0 Å². The SMILES string of the molecule is CNCC1CN(S(=O)(=O)CCC(=O)OC)CCO1. The fourth-order valence-electron chi connectivity index (χ4n) is 1.74. The maximum Gasteiger partial charge on any atom is 0.306 e. The van der Waals surface area contributed by atoms with Crippen molar-refractivity contribution in [3.05, 3.63) is 0 Å². The van der Waals surface area contributed by atoms with Gasteiger partial charge in [0.2, 0.25) is 10.0 Å². The lowest BCUT2D eigenvalue weighted by atomic mass is 10.3. The van der Waals surface area contributed by atoms with Crippen LogP contribution in [-0.4, -0.2) is 70.9 Å². The summed E-state index contributed by atoms with van der Waals surface area (Å²) in [7, 11) is -0.387. The molecule has 0 aromatic heterocycles. The molecule has 0 aliphatic carbocycles. The minimum absolute atomic E-state index is 0.118. The van der Waals surface area contributed by atoms with Crippen molar-refractivity contribution in [3.63, 3.8) is 0 Å². The first-order valence-electron chi connectivity index (χ1n) is 5.80. The van der Waals surface area contributed by atoms with Crippen LogP contribution in [0.5, 0.6) is 0 Å². The Bertz CT molecular complexity index is 368. The largest absolute Gasteiger partial charge is 0.469 e. The molecule has 1 fully saturated rings. The highest BCUT2D eigenvalue weighted by atomic mass is 32.2.